The van der Waals surface area contributed by atoms with Crippen LogP contribution in [0.3, 0.4) is 0 Å². The van der Waals surface area contributed by atoms with Crippen molar-refractivity contribution in [1.82, 2.24) is 24.9 Å². The van der Waals surface area contributed by atoms with Gasteiger partial charge in [0.15, 0.2) is 11.6 Å². The first kappa shape index (κ1) is 18.0. The van der Waals surface area contributed by atoms with Gasteiger partial charge in [0.2, 0.25) is 0 Å². The maximum atomic E-state index is 14.7. The number of halogens is 2. The first-order chi connectivity index (χ1) is 14.1. The fourth-order valence-electron chi connectivity index (χ4n) is 3.65. The lowest BCUT2D eigenvalue weighted by atomic mass is 9.93. The van der Waals surface area contributed by atoms with Gasteiger partial charge < -0.3 is 4.52 Å². The first-order valence-corrected chi connectivity index (χ1v) is 9.79. The molecule has 0 aliphatic heterocycles. The quantitative estimate of drug-likeness (QED) is 0.446. The summed E-state index contributed by atoms with van der Waals surface area (Å²) in [7, 11) is 0. The van der Waals surface area contributed by atoms with E-state index in [1.807, 2.05) is 11.6 Å². The van der Waals surface area contributed by atoms with Gasteiger partial charge in [-0.25, -0.2) is 14.4 Å². The van der Waals surface area contributed by atoms with Gasteiger partial charge in [-0.05, 0) is 44.4 Å². The van der Waals surface area contributed by atoms with E-state index in [1.165, 1.54) is 12.5 Å². The molecule has 1 fully saturated rings. The molecule has 3 heterocycles. The lowest BCUT2D eigenvalue weighted by molar-refractivity contribution is 0.285. The van der Waals surface area contributed by atoms with E-state index in [4.69, 9.17) is 16.1 Å². The van der Waals surface area contributed by atoms with Crippen LogP contribution in [0.2, 0.25) is 5.02 Å². The molecule has 5 rings (SSSR count). The standard InChI is InChI=1S/C21H17ClFN5O/c1-12-14(11-26-28(12)13-5-2-6-13)20-18(21-24-9-4-10-25-21)19(27-29-20)17-15(22)7-3-8-16(17)23/h3-4,7-11,13H,2,5-6H2,1H3. The third-order valence-corrected chi connectivity index (χ3v) is 5.71. The van der Waals surface area contributed by atoms with Gasteiger partial charge in [0.25, 0.3) is 0 Å². The van der Waals surface area contributed by atoms with E-state index in [2.05, 4.69) is 20.2 Å². The predicted molar refractivity (Wildman–Crippen MR) is 107 cm³/mol. The fourth-order valence-corrected chi connectivity index (χ4v) is 3.90. The van der Waals surface area contributed by atoms with Crippen LogP contribution in [0, 0.1) is 12.7 Å². The third kappa shape index (κ3) is 2.93. The van der Waals surface area contributed by atoms with E-state index in [0.717, 1.165) is 24.1 Å². The highest BCUT2D eigenvalue weighted by molar-refractivity contribution is 6.33. The van der Waals surface area contributed by atoms with Gasteiger partial charge in [0.05, 0.1) is 34.0 Å². The Hall–Kier alpha value is -3.06. The molecule has 0 unspecified atom stereocenters. The zero-order valence-electron chi connectivity index (χ0n) is 15.6. The Balaban J connectivity index is 1.74. The Kier molecular flexibility index (Phi) is 4.39. The molecule has 0 spiro atoms. The van der Waals surface area contributed by atoms with Crippen molar-refractivity contribution in [1.29, 1.82) is 0 Å². The Morgan fingerprint density at radius 2 is 1.93 bits per heavy atom. The van der Waals surface area contributed by atoms with E-state index in [1.54, 1.807) is 36.8 Å². The molecule has 6 nitrogen and oxygen atoms in total. The minimum atomic E-state index is -0.489. The molecule has 1 aliphatic carbocycles. The predicted octanol–water partition coefficient (Wildman–Crippen LogP) is 5.49. The van der Waals surface area contributed by atoms with Crippen molar-refractivity contribution < 1.29 is 8.91 Å². The van der Waals surface area contributed by atoms with Crippen molar-refractivity contribution in [2.45, 2.75) is 32.2 Å². The van der Waals surface area contributed by atoms with Crippen LogP contribution < -0.4 is 0 Å². The topological polar surface area (TPSA) is 69.6 Å². The normalized spacial score (nSPS) is 14.2. The molecular formula is C21H17ClFN5O. The molecule has 1 saturated carbocycles. The molecule has 29 heavy (non-hydrogen) atoms. The van der Waals surface area contributed by atoms with Gasteiger partial charge in [0.1, 0.15) is 11.5 Å². The third-order valence-electron chi connectivity index (χ3n) is 5.39. The average molecular weight is 410 g/mol. The molecule has 3 aromatic heterocycles. The monoisotopic (exact) mass is 409 g/mol. The summed E-state index contributed by atoms with van der Waals surface area (Å²) < 4.78 is 22.4. The largest absolute Gasteiger partial charge is 0.355 e. The second-order valence-electron chi connectivity index (χ2n) is 7.08. The molecular weight excluding hydrogens is 393 g/mol. The van der Waals surface area contributed by atoms with Crippen LogP contribution in [0.15, 0.2) is 47.4 Å². The van der Waals surface area contributed by atoms with Gasteiger partial charge in [-0.1, -0.05) is 22.8 Å². The van der Waals surface area contributed by atoms with E-state index >= 15 is 0 Å². The van der Waals surface area contributed by atoms with Crippen LogP contribution in [0.1, 0.15) is 31.0 Å². The van der Waals surface area contributed by atoms with Gasteiger partial charge in [-0.3, -0.25) is 4.68 Å². The van der Waals surface area contributed by atoms with Crippen LogP contribution in [-0.2, 0) is 0 Å². The van der Waals surface area contributed by atoms with Crippen molar-refractivity contribution in [3.05, 3.63) is 59.4 Å². The molecule has 4 aromatic rings. The molecule has 146 valence electrons. The lowest BCUT2D eigenvalue weighted by Crippen LogP contribution is -2.19. The van der Waals surface area contributed by atoms with Crippen LogP contribution in [0.4, 0.5) is 4.39 Å². The number of hydrogen-bond acceptors (Lipinski definition) is 5. The van der Waals surface area contributed by atoms with E-state index < -0.39 is 5.82 Å². The Morgan fingerprint density at radius 3 is 2.62 bits per heavy atom. The highest BCUT2D eigenvalue weighted by Gasteiger charge is 2.29. The molecule has 8 heteroatoms. The summed E-state index contributed by atoms with van der Waals surface area (Å²) in [5.74, 6) is 0.346. The van der Waals surface area contributed by atoms with Gasteiger partial charge in [0, 0.05) is 18.1 Å². The number of rotatable bonds is 4. The van der Waals surface area contributed by atoms with Crippen molar-refractivity contribution in [3.63, 3.8) is 0 Å². The number of hydrogen-bond donors (Lipinski definition) is 0. The van der Waals surface area contributed by atoms with Crippen molar-refractivity contribution >= 4 is 11.6 Å². The Morgan fingerprint density at radius 1 is 1.14 bits per heavy atom. The minimum Gasteiger partial charge on any atom is -0.355 e. The molecule has 0 N–H and O–H groups in total. The molecule has 1 aromatic carbocycles. The lowest BCUT2D eigenvalue weighted by Gasteiger charge is -2.26. The van der Waals surface area contributed by atoms with Crippen LogP contribution >= 0.6 is 11.6 Å². The summed E-state index contributed by atoms with van der Waals surface area (Å²) in [6.45, 7) is 1.99. The average Bonchev–Trinajstić information content (AvgIpc) is 3.25. The van der Waals surface area contributed by atoms with E-state index in [0.29, 0.717) is 23.2 Å². The molecule has 0 saturated heterocycles. The van der Waals surface area contributed by atoms with Crippen LogP contribution in [0.5, 0.6) is 0 Å². The van der Waals surface area contributed by atoms with E-state index in [9.17, 15) is 4.39 Å². The summed E-state index contributed by atoms with van der Waals surface area (Å²) in [5, 5.41) is 8.97. The molecule has 0 radical (unpaired) electrons. The molecule has 1 aliphatic rings. The molecule has 0 amide bonds. The maximum Gasteiger partial charge on any atom is 0.181 e. The van der Waals surface area contributed by atoms with Crippen molar-refractivity contribution in [2.75, 3.05) is 0 Å². The van der Waals surface area contributed by atoms with Gasteiger partial charge in [-0.2, -0.15) is 5.10 Å². The Bertz CT molecular complexity index is 1160. The summed E-state index contributed by atoms with van der Waals surface area (Å²) in [6.07, 6.45) is 8.44. The number of benzene rings is 1. The highest BCUT2D eigenvalue weighted by Crippen LogP contribution is 2.43. The summed E-state index contributed by atoms with van der Waals surface area (Å²) in [6, 6.07) is 6.62. The molecule has 0 atom stereocenters. The second kappa shape index (κ2) is 7.08. The second-order valence-corrected chi connectivity index (χ2v) is 7.48. The van der Waals surface area contributed by atoms with Crippen molar-refractivity contribution in [2.24, 2.45) is 0 Å². The molecule has 0 bridgehead atoms. The summed E-state index contributed by atoms with van der Waals surface area (Å²) in [4.78, 5) is 8.70. The number of aromatic nitrogens is 5. The van der Waals surface area contributed by atoms with Gasteiger partial charge in [-0.15, -0.1) is 0 Å². The number of nitrogens with zero attached hydrogens (tertiary/aromatic N) is 5. The summed E-state index contributed by atoms with van der Waals surface area (Å²) >= 11 is 6.30. The highest BCUT2D eigenvalue weighted by atomic mass is 35.5. The minimum absolute atomic E-state index is 0.163. The van der Waals surface area contributed by atoms with E-state index in [-0.39, 0.29) is 16.3 Å². The zero-order chi connectivity index (χ0) is 20.0. The summed E-state index contributed by atoms with van der Waals surface area (Å²) in [5.41, 5.74) is 2.68. The smallest absolute Gasteiger partial charge is 0.181 e. The fraction of sp³-hybridized carbons (Fsp3) is 0.238. The van der Waals surface area contributed by atoms with Crippen molar-refractivity contribution in [3.8, 4) is 34.0 Å². The van der Waals surface area contributed by atoms with Crippen LogP contribution in [-0.4, -0.2) is 24.9 Å². The maximum absolute atomic E-state index is 14.7. The first-order valence-electron chi connectivity index (χ1n) is 9.41. The SMILES string of the molecule is Cc1c(-c2onc(-c3c(F)cccc3Cl)c2-c2ncccn2)cnn1C1CCC1. The van der Waals surface area contributed by atoms with Crippen LogP contribution in [0.25, 0.3) is 34.0 Å². The Labute approximate surface area is 171 Å². The van der Waals surface area contributed by atoms with Gasteiger partial charge >= 0.3 is 0 Å². The zero-order valence-corrected chi connectivity index (χ0v) is 16.4.